The largest absolute Gasteiger partial charge is 0.477 e. The third-order valence-corrected chi connectivity index (χ3v) is 4.85. The Labute approximate surface area is 172 Å². The number of rotatable bonds is 5. The summed E-state index contributed by atoms with van der Waals surface area (Å²) in [5.41, 5.74) is -1.97. The van der Waals surface area contributed by atoms with E-state index in [2.05, 4.69) is 0 Å². The number of alkyl halides is 3. The molecule has 0 amide bonds. The maximum Gasteiger partial charge on any atom is 0.432 e. The number of hydrogen-bond acceptors (Lipinski definition) is 3. The summed E-state index contributed by atoms with van der Waals surface area (Å²) in [6.45, 7) is 3.09. The molecule has 0 aliphatic rings. The fourth-order valence-electron chi connectivity index (χ4n) is 2.48. The Bertz CT molecular complexity index is 912. The molecule has 1 aromatic carbocycles. The minimum Gasteiger partial charge on any atom is -0.477 e. The first-order chi connectivity index (χ1) is 12.9. The zero-order valence-electron chi connectivity index (χ0n) is 14.8. The fraction of sp³-hybridized carbons (Fsp3) is 0.353. The predicted molar refractivity (Wildman–Crippen MR) is 97.6 cm³/mol. The second-order valence-electron chi connectivity index (χ2n) is 5.66. The second kappa shape index (κ2) is 8.39. The number of benzene rings is 1. The van der Waals surface area contributed by atoms with Gasteiger partial charge in [-0.25, -0.2) is 9.18 Å². The molecule has 2 aromatic rings. The third-order valence-electron chi connectivity index (χ3n) is 3.75. The molecule has 2 rings (SSSR count). The second-order valence-corrected chi connectivity index (χ2v) is 6.80. The van der Waals surface area contributed by atoms with Gasteiger partial charge in [0.15, 0.2) is 6.10 Å². The predicted octanol–water partition coefficient (Wildman–Crippen LogP) is 6.14. The smallest absolute Gasteiger partial charge is 0.432 e. The molecule has 1 unspecified atom stereocenters. The maximum absolute atomic E-state index is 14.5. The van der Waals surface area contributed by atoms with Gasteiger partial charge in [-0.2, -0.15) is 13.2 Å². The molecule has 1 aromatic heterocycles. The summed E-state index contributed by atoms with van der Waals surface area (Å²) in [6.07, 6.45) is -5.91. The molecule has 0 N–H and O–H groups in total. The van der Waals surface area contributed by atoms with Crippen molar-refractivity contribution < 1.29 is 31.8 Å². The zero-order valence-corrected chi connectivity index (χ0v) is 17.0. The molecule has 0 aliphatic heterocycles. The third kappa shape index (κ3) is 4.34. The van der Waals surface area contributed by atoms with Crippen molar-refractivity contribution in [1.29, 1.82) is 0 Å². The van der Waals surface area contributed by atoms with Crippen molar-refractivity contribution in [3.8, 4) is 16.9 Å². The number of nitrogens with zero attached hydrogens (tertiary/aromatic N) is 1. The van der Waals surface area contributed by atoms with Crippen molar-refractivity contribution in [1.82, 2.24) is 4.57 Å². The highest BCUT2D eigenvalue weighted by Crippen LogP contribution is 2.47. The van der Waals surface area contributed by atoms with Crippen LogP contribution in [0.25, 0.3) is 11.1 Å². The van der Waals surface area contributed by atoms with Crippen molar-refractivity contribution in [2.75, 3.05) is 6.61 Å². The van der Waals surface area contributed by atoms with Crippen molar-refractivity contribution >= 4 is 40.8 Å². The number of aromatic nitrogens is 1. The van der Waals surface area contributed by atoms with Gasteiger partial charge in [-0.1, -0.05) is 34.8 Å². The first-order valence-electron chi connectivity index (χ1n) is 7.83. The van der Waals surface area contributed by atoms with E-state index < -0.39 is 39.9 Å². The van der Waals surface area contributed by atoms with Crippen LogP contribution in [0.15, 0.2) is 12.1 Å². The monoisotopic (exact) mass is 461 g/mol. The number of carbonyl (C=O) groups is 1. The van der Waals surface area contributed by atoms with E-state index in [0.717, 1.165) is 19.2 Å². The van der Waals surface area contributed by atoms with Crippen molar-refractivity contribution in [3.63, 3.8) is 0 Å². The Balaban J connectivity index is 2.58. The van der Waals surface area contributed by atoms with Crippen molar-refractivity contribution in [2.45, 2.75) is 26.1 Å². The van der Waals surface area contributed by atoms with Gasteiger partial charge < -0.3 is 14.0 Å². The lowest BCUT2D eigenvalue weighted by Crippen LogP contribution is -2.26. The quantitative estimate of drug-likeness (QED) is 0.396. The first-order valence-corrected chi connectivity index (χ1v) is 8.97. The number of hydrogen-bond donors (Lipinski definition) is 0. The lowest BCUT2D eigenvalue weighted by Gasteiger charge is -2.16. The van der Waals surface area contributed by atoms with Gasteiger partial charge >= 0.3 is 12.1 Å². The van der Waals surface area contributed by atoms with E-state index in [4.69, 9.17) is 44.3 Å². The number of ether oxygens (including phenoxy) is 2. The highest BCUT2D eigenvalue weighted by Gasteiger charge is 2.40. The van der Waals surface area contributed by atoms with Gasteiger partial charge in [0.1, 0.15) is 22.4 Å². The molecule has 4 nitrogen and oxygen atoms in total. The van der Waals surface area contributed by atoms with Crippen LogP contribution in [0.2, 0.25) is 15.2 Å². The number of esters is 1. The summed E-state index contributed by atoms with van der Waals surface area (Å²) in [5, 5.41) is -1.40. The van der Waals surface area contributed by atoms with Crippen LogP contribution in [0.4, 0.5) is 17.6 Å². The zero-order chi connectivity index (χ0) is 21.4. The summed E-state index contributed by atoms with van der Waals surface area (Å²) >= 11 is 17.8. The average Bonchev–Trinajstić information content (AvgIpc) is 2.79. The summed E-state index contributed by atoms with van der Waals surface area (Å²) < 4.78 is 65.0. The van der Waals surface area contributed by atoms with Crippen LogP contribution in [0.5, 0.6) is 5.75 Å². The Hall–Kier alpha value is -1.64. The van der Waals surface area contributed by atoms with E-state index in [1.807, 2.05) is 0 Å². The molecule has 0 saturated carbocycles. The lowest BCUT2D eigenvalue weighted by atomic mass is 10.1. The fourth-order valence-corrected chi connectivity index (χ4v) is 3.42. The van der Waals surface area contributed by atoms with Crippen LogP contribution in [0, 0.1) is 5.82 Å². The molecule has 11 heteroatoms. The van der Waals surface area contributed by atoms with E-state index in [9.17, 15) is 22.4 Å². The molecular weight excluding hydrogens is 449 g/mol. The average molecular weight is 463 g/mol. The Morgan fingerprint density at radius 1 is 1.25 bits per heavy atom. The van der Waals surface area contributed by atoms with Gasteiger partial charge in [0, 0.05) is 18.2 Å². The first kappa shape index (κ1) is 22.6. The SMILES string of the molecule is CCOC(=O)C(C)Oc1cc(-c2c(Cl)c(C(F)(F)F)n(C)c2Cl)c(F)cc1Cl. The molecule has 1 heterocycles. The molecule has 0 fully saturated rings. The van der Waals surface area contributed by atoms with E-state index in [1.54, 1.807) is 6.92 Å². The standard InChI is InChI=1S/C17H14Cl3F4NO3/c1-4-27-16(26)7(2)28-11-5-8(10(21)6-9(11)18)12-13(19)14(17(22,23)24)25(3)15(12)20/h5-7H,4H2,1-3H3. The maximum atomic E-state index is 14.5. The Kier molecular flexibility index (Phi) is 6.78. The lowest BCUT2D eigenvalue weighted by molar-refractivity contribution is -0.150. The van der Waals surface area contributed by atoms with E-state index in [1.165, 1.54) is 6.92 Å². The van der Waals surface area contributed by atoms with Gasteiger partial charge in [0.2, 0.25) is 0 Å². The summed E-state index contributed by atoms with van der Waals surface area (Å²) in [7, 11) is 1.05. The molecule has 0 spiro atoms. The minimum atomic E-state index is -4.81. The van der Waals surface area contributed by atoms with Gasteiger partial charge in [0.05, 0.1) is 16.7 Å². The highest BCUT2D eigenvalue weighted by atomic mass is 35.5. The van der Waals surface area contributed by atoms with Gasteiger partial charge in [-0.15, -0.1) is 0 Å². The van der Waals surface area contributed by atoms with Crippen LogP contribution in [0.1, 0.15) is 19.5 Å². The van der Waals surface area contributed by atoms with Crippen LogP contribution in [-0.2, 0) is 22.8 Å². The molecule has 0 aliphatic carbocycles. The highest BCUT2D eigenvalue weighted by molar-refractivity contribution is 6.40. The van der Waals surface area contributed by atoms with Crippen LogP contribution in [-0.4, -0.2) is 23.2 Å². The number of halogens is 7. The van der Waals surface area contributed by atoms with E-state index in [0.29, 0.717) is 4.57 Å². The summed E-state index contributed by atoms with van der Waals surface area (Å²) in [4.78, 5) is 11.7. The normalized spacial score (nSPS) is 12.8. The van der Waals surface area contributed by atoms with Gasteiger partial charge in [0.25, 0.3) is 0 Å². The van der Waals surface area contributed by atoms with Crippen molar-refractivity contribution in [3.05, 3.63) is 38.8 Å². The van der Waals surface area contributed by atoms with E-state index >= 15 is 0 Å². The Morgan fingerprint density at radius 2 is 1.86 bits per heavy atom. The van der Waals surface area contributed by atoms with Gasteiger partial charge in [-0.05, 0) is 26.0 Å². The summed E-state index contributed by atoms with van der Waals surface area (Å²) in [6, 6.07) is 1.86. The molecule has 0 bridgehead atoms. The van der Waals surface area contributed by atoms with Crippen LogP contribution in [0.3, 0.4) is 0 Å². The van der Waals surface area contributed by atoms with Crippen LogP contribution < -0.4 is 4.74 Å². The topological polar surface area (TPSA) is 40.5 Å². The van der Waals surface area contributed by atoms with Crippen molar-refractivity contribution in [2.24, 2.45) is 7.05 Å². The van der Waals surface area contributed by atoms with Gasteiger partial charge in [-0.3, -0.25) is 0 Å². The molecule has 0 radical (unpaired) electrons. The number of carbonyl (C=O) groups excluding carboxylic acids is 1. The molecule has 154 valence electrons. The molecule has 0 saturated heterocycles. The molecular formula is C17H14Cl3F4NO3. The molecule has 1 atom stereocenters. The van der Waals surface area contributed by atoms with Crippen LogP contribution >= 0.6 is 34.8 Å². The van der Waals surface area contributed by atoms with E-state index in [-0.39, 0.29) is 28.5 Å². The minimum absolute atomic E-state index is 0.115. The Morgan fingerprint density at radius 3 is 2.36 bits per heavy atom. The molecule has 28 heavy (non-hydrogen) atoms. The summed E-state index contributed by atoms with van der Waals surface area (Å²) in [5.74, 6) is -1.81.